The van der Waals surface area contributed by atoms with Gasteiger partial charge < -0.3 is 9.84 Å². The van der Waals surface area contributed by atoms with Crippen molar-refractivity contribution in [3.63, 3.8) is 0 Å². The molecule has 0 radical (unpaired) electrons. The number of halogens is 3. The smallest absolute Gasteiger partial charge is 0.309 e. The third-order valence-electron chi connectivity index (χ3n) is 4.81. The van der Waals surface area contributed by atoms with Crippen LogP contribution in [0.1, 0.15) is 18.4 Å². The minimum Gasteiger partial charge on any atom is -0.481 e. The number of aliphatic carboxylic acids is 1. The minimum absolute atomic E-state index is 0.0101. The highest BCUT2D eigenvalue weighted by molar-refractivity contribution is 7.92. The molecule has 2 aromatic rings. The second-order valence-corrected chi connectivity index (χ2v) is 10.0. The van der Waals surface area contributed by atoms with E-state index in [1.165, 1.54) is 12.1 Å². The van der Waals surface area contributed by atoms with E-state index in [-0.39, 0.29) is 29.4 Å². The fourth-order valence-electron chi connectivity index (χ4n) is 3.34. The van der Waals surface area contributed by atoms with Crippen LogP contribution in [0.4, 0.5) is 0 Å². The predicted molar refractivity (Wildman–Crippen MR) is 108 cm³/mol. The number of rotatable bonds is 6. The van der Waals surface area contributed by atoms with E-state index in [0.29, 0.717) is 10.0 Å². The molecule has 0 saturated heterocycles. The Kier molecular flexibility index (Phi) is 6.57. The van der Waals surface area contributed by atoms with Gasteiger partial charge in [0, 0.05) is 0 Å². The molecule has 1 fully saturated rings. The zero-order valence-electron chi connectivity index (χ0n) is 14.5. The van der Waals surface area contributed by atoms with Crippen LogP contribution in [0.2, 0.25) is 15.1 Å². The van der Waals surface area contributed by atoms with Gasteiger partial charge in [-0.3, -0.25) is 4.79 Å². The van der Waals surface area contributed by atoms with Gasteiger partial charge in [0.15, 0.2) is 9.84 Å². The maximum atomic E-state index is 13.0. The Balaban J connectivity index is 1.78. The lowest BCUT2D eigenvalue weighted by Gasteiger charge is -2.17. The first-order valence-corrected chi connectivity index (χ1v) is 11.1. The van der Waals surface area contributed by atoms with Gasteiger partial charge >= 0.3 is 5.97 Å². The van der Waals surface area contributed by atoms with Crippen molar-refractivity contribution in [1.29, 1.82) is 0 Å². The Hall–Kier alpha value is -1.31. The van der Waals surface area contributed by atoms with Crippen molar-refractivity contribution in [1.82, 2.24) is 0 Å². The van der Waals surface area contributed by atoms with Gasteiger partial charge in [0.05, 0.1) is 43.8 Å². The Morgan fingerprint density at radius 2 is 1.75 bits per heavy atom. The molecule has 28 heavy (non-hydrogen) atoms. The molecule has 5 nitrogen and oxygen atoms in total. The number of sulfone groups is 1. The number of carboxylic acids is 1. The van der Waals surface area contributed by atoms with Crippen molar-refractivity contribution in [2.45, 2.75) is 35.7 Å². The molecule has 0 spiro atoms. The van der Waals surface area contributed by atoms with Crippen LogP contribution in [0.15, 0.2) is 47.4 Å². The highest BCUT2D eigenvalue weighted by atomic mass is 35.5. The average molecular weight is 464 g/mol. The van der Waals surface area contributed by atoms with E-state index in [1.807, 2.05) is 0 Å². The van der Waals surface area contributed by atoms with Crippen molar-refractivity contribution in [3.05, 3.63) is 63.1 Å². The summed E-state index contributed by atoms with van der Waals surface area (Å²) in [6, 6.07) is 11.1. The first-order valence-electron chi connectivity index (χ1n) is 8.47. The summed E-state index contributed by atoms with van der Waals surface area (Å²) in [6.45, 7) is 0.101. The summed E-state index contributed by atoms with van der Waals surface area (Å²) < 4.78 is 31.7. The zero-order chi connectivity index (χ0) is 20.5. The summed E-state index contributed by atoms with van der Waals surface area (Å²) >= 11 is 17.9. The molecule has 1 aliphatic rings. The lowest BCUT2D eigenvalue weighted by atomic mass is 10.1. The molecule has 1 N–H and O–H groups in total. The van der Waals surface area contributed by atoms with E-state index in [1.54, 1.807) is 30.3 Å². The Bertz CT molecular complexity index is 993. The summed E-state index contributed by atoms with van der Waals surface area (Å²) in [6.07, 6.45) is -0.699. The van der Waals surface area contributed by atoms with E-state index >= 15 is 0 Å². The van der Waals surface area contributed by atoms with Crippen molar-refractivity contribution >= 4 is 50.6 Å². The molecule has 3 rings (SSSR count). The van der Waals surface area contributed by atoms with Crippen LogP contribution in [-0.4, -0.2) is 30.8 Å². The highest BCUT2D eigenvalue weighted by Gasteiger charge is 2.45. The summed E-state index contributed by atoms with van der Waals surface area (Å²) in [5, 5.41) is 9.54. The normalized spacial score (nSPS) is 22.3. The third-order valence-corrected chi connectivity index (χ3v) is 8.22. The number of hydrogen-bond donors (Lipinski definition) is 1. The van der Waals surface area contributed by atoms with Crippen LogP contribution in [-0.2, 0) is 26.0 Å². The largest absolute Gasteiger partial charge is 0.481 e. The van der Waals surface area contributed by atoms with Crippen LogP contribution < -0.4 is 0 Å². The Morgan fingerprint density at radius 1 is 1.04 bits per heavy atom. The third kappa shape index (κ3) is 4.47. The quantitative estimate of drug-likeness (QED) is 0.661. The van der Waals surface area contributed by atoms with Crippen molar-refractivity contribution < 1.29 is 23.1 Å². The topological polar surface area (TPSA) is 80.7 Å². The van der Waals surface area contributed by atoms with E-state index in [2.05, 4.69) is 0 Å². The summed E-state index contributed by atoms with van der Waals surface area (Å²) in [5.41, 5.74) is 0.718. The number of carboxylic acid groups (broad SMARTS) is 1. The first-order chi connectivity index (χ1) is 13.2. The molecular formula is C19H17Cl3O5S. The van der Waals surface area contributed by atoms with Crippen molar-refractivity contribution in [2.24, 2.45) is 5.92 Å². The molecule has 0 unspecified atom stereocenters. The molecule has 0 aliphatic heterocycles. The lowest BCUT2D eigenvalue weighted by Crippen LogP contribution is -2.25. The van der Waals surface area contributed by atoms with Gasteiger partial charge in [-0.2, -0.15) is 0 Å². The minimum atomic E-state index is -3.78. The standard InChI is InChI=1S/C19H17Cl3O5S/c20-14-6-5-11(7-16(14)22)10-27-17-9-12(8-13(17)19(23)24)28(25,26)18-4-2-1-3-15(18)21/h1-7,12-13,17H,8-10H2,(H,23,24)/t12-,13-,17-/m0/s1. The predicted octanol–water partition coefficient (Wildman–Crippen LogP) is 4.87. The molecule has 0 aromatic heterocycles. The zero-order valence-corrected chi connectivity index (χ0v) is 17.6. The number of carbonyl (C=O) groups is 1. The lowest BCUT2D eigenvalue weighted by molar-refractivity contribution is -0.146. The maximum Gasteiger partial charge on any atom is 0.309 e. The van der Waals surface area contributed by atoms with Gasteiger partial charge in [-0.1, -0.05) is 53.0 Å². The molecule has 0 bridgehead atoms. The van der Waals surface area contributed by atoms with E-state index in [0.717, 1.165) is 5.56 Å². The molecule has 0 heterocycles. The molecule has 0 amide bonds. The summed E-state index contributed by atoms with van der Waals surface area (Å²) in [7, 11) is -3.78. The van der Waals surface area contributed by atoms with Gasteiger partial charge in [0.25, 0.3) is 0 Å². The van der Waals surface area contributed by atoms with Crippen LogP contribution in [0.25, 0.3) is 0 Å². The van der Waals surface area contributed by atoms with Crippen molar-refractivity contribution in [3.8, 4) is 0 Å². The van der Waals surface area contributed by atoms with Gasteiger partial charge in [-0.05, 0) is 42.7 Å². The van der Waals surface area contributed by atoms with E-state index in [9.17, 15) is 18.3 Å². The monoisotopic (exact) mass is 462 g/mol. The first kappa shape index (κ1) is 21.4. The van der Waals surface area contributed by atoms with Gasteiger partial charge in [0.2, 0.25) is 0 Å². The summed E-state index contributed by atoms with van der Waals surface area (Å²) in [5.74, 6) is -2.01. The van der Waals surface area contributed by atoms with Crippen LogP contribution >= 0.6 is 34.8 Å². The molecular weight excluding hydrogens is 447 g/mol. The maximum absolute atomic E-state index is 13.0. The van der Waals surface area contributed by atoms with E-state index in [4.69, 9.17) is 39.5 Å². The van der Waals surface area contributed by atoms with Gasteiger partial charge in [-0.15, -0.1) is 0 Å². The molecule has 1 aliphatic carbocycles. The highest BCUT2D eigenvalue weighted by Crippen LogP contribution is 2.38. The van der Waals surface area contributed by atoms with Gasteiger partial charge in [0.1, 0.15) is 0 Å². The fraction of sp³-hybridized carbons (Fsp3) is 0.316. The van der Waals surface area contributed by atoms with Crippen LogP contribution in [0.3, 0.4) is 0 Å². The SMILES string of the molecule is O=C(O)[C@H]1C[C@H](S(=O)(=O)c2ccccc2Cl)C[C@@H]1OCc1ccc(Cl)c(Cl)c1. The number of benzene rings is 2. The van der Waals surface area contributed by atoms with E-state index < -0.39 is 33.1 Å². The summed E-state index contributed by atoms with van der Waals surface area (Å²) in [4.78, 5) is 11.7. The van der Waals surface area contributed by atoms with Crippen LogP contribution in [0.5, 0.6) is 0 Å². The Labute approximate surface area is 178 Å². The van der Waals surface area contributed by atoms with Gasteiger partial charge in [-0.25, -0.2) is 8.42 Å². The fourth-order valence-corrected chi connectivity index (χ4v) is 5.99. The molecule has 2 aromatic carbocycles. The Morgan fingerprint density at radius 3 is 2.39 bits per heavy atom. The molecule has 3 atom stereocenters. The van der Waals surface area contributed by atoms with Crippen molar-refractivity contribution in [2.75, 3.05) is 0 Å². The average Bonchev–Trinajstić information content (AvgIpc) is 3.08. The second kappa shape index (κ2) is 8.59. The van der Waals surface area contributed by atoms with Crippen LogP contribution in [0, 0.1) is 5.92 Å². The number of ether oxygens (including phenoxy) is 1. The molecule has 9 heteroatoms. The molecule has 1 saturated carbocycles. The molecule has 150 valence electrons. The second-order valence-electron chi connectivity index (χ2n) is 6.61. The number of hydrogen-bond acceptors (Lipinski definition) is 4.